The molecule has 1 aromatic heterocycles. The Balaban J connectivity index is 2.18. The molecule has 0 N–H and O–H groups in total. The van der Waals surface area contributed by atoms with Crippen molar-refractivity contribution in [1.29, 1.82) is 5.26 Å². The fraction of sp³-hybridized carbons (Fsp3) is 0.400. The van der Waals surface area contributed by atoms with Crippen LogP contribution in [0.2, 0.25) is 0 Å². The summed E-state index contributed by atoms with van der Waals surface area (Å²) in [7, 11) is 1.61. The lowest BCUT2D eigenvalue weighted by molar-refractivity contribution is 0.154. The summed E-state index contributed by atoms with van der Waals surface area (Å²) in [5, 5.41) is 17.5. The zero-order valence-corrected chi connectivity index (χ0v) is 13.7. The first kappa shape index (κ1) is 17.2. The van der Waals surface area contributed by atoms with E-state index in [1.54, 1.807) is 25.3 Å². The Morgan fingerprint density at radius 2 is 2.17 bits per heavy atom. The van der Waals surface area contributed by atoms with Gasteiger partial charge in [-0.1, -0.05) is 23.9 Å². The number of thioether (sulfide) groups is 1. The molecular formula is C15H17FN4O2S. The molecule has 0 aliphatic rings. The third-order valence-corrected chi connectivity index (χ3v) is 3.85. The van der Waals surface area contributed by atoms with E-state index in [1.165, 1.54) is 17.8 Å². The van der Waals surface area contributed by atoms with Crippen molar-refractivity contribution < 1.29 is 13.9 Å². The lowest BCUT2D eigenvalue weighted by atomic mass is 10.3. The highest BCUT2D eigenvalue weighted by atomic mass is 32.2. The lowest BCUT2D eigenvalue weighted by Crippen LogP contribution is -2.16. The first-order chi connectivity index (χ1) is 11.2. The zero-order chi connectivity index (χ0) is 16.7. The molecule has 0 saturated carbocycles. The van der Waals surface area contributed by atoms with E-state index in [4.69, 9.17) is 14.7 Å². The van der Waals surface area contributed by atoms with Crippen molar-refractivity contribution in [3.05, 3.63) is 35.9 Å². The molecule has 1 aromatic carbocycles. The minimum Gasteiger partial charge on any atom is -0.483 e. The number of hydrogen-bond acceptors (Lipinski definition) is 6. The molecule has 0 saturated heterocycles. The number of aromatic nitrogens is 3. The van der Waals surface area contributed by atoms with Crippen LogP contribution in [0.25, 0.3) is 0 Å². The van der Waals surface area contributed by atoms with E-state index in [-0.39, 0.29) is 24.2 Å². The minimum absolute atomic E-state index is 0.0320. The molecule has 0 aliphatic carbocycles. The van der Waals surface area contributed by atoms with Crippen molar-refractivity contribution >= 4 is 11.8 Å². The predicted molar refractivity (Wildman–Crippen MR) is 83.7 cm³/mol. The second kappa shape index (κ2) is 8.50. The normalized spacial score (nSPS) is 11.9. The summed E-state index contributed by atoms with van der Waals surface area (Å²) in [5.74, 6) is 0.555. The number of rotatable bonds is 8. The quantitative estimate of drug-likeness (QED) is 0.690. The standard InChI is InChI=1S/C15H17FN4O2S/c1-11(9-21-2)20-14(18-19-15(20)23-8-7-17)10-22-13-6-4-3-5-12(13)16/h3-6,11H,8-10H2,1-2H3/t11-/m0/s1. The summed E-state index contributed by atoms with van der Waals surface area (Å²) in [6, 6.07) is 8.22. The molecule has 2 aromatic rings. The van der Waals surface area contributed by atoms with Gasteiger partial charge in [-0.2, -0.15) is 5.26 Å². The molecule has 1 heterocycles. The lowest BCUT2D eigenvalue weighted by Gasteiger charge is -2.17. The average Bonchev–Trinajstić information content (AvgIpc) is 2.95. The van der Waals surface area contributed by atoms with Crippen molar-refractivity contribution in [2.45, 2.75) is 24.7 Å². The van der Waals surface area contributed by atoms with Crippen LogP contribution in [0.3, 0.4) is 0 Å². The number of ether oxygens (including phenoxy) is 2. The van der Waals surface area contributed by atoms with Crippen molar-refractivity contribution in [2.24, 2.45) is 0 Å². The van der Waals surface area contributed by atoms with Gasteiger partial charge in [0.15, 0.2) is 22.5 Å². The van der Waals surface area contributed by atoms with Crippen molar-refractivity contribution in [2.75, 3.05) is 19.5 Å². The molecule has 8 heteroatoms. The summed E-state index contributed by atoms with van der Waals surface area (Å²) in [4.78, 5) is 0. The number of para-hydroxylation sites is 1. The molecule has 0 radical (unpaired) electrons. The zero-order valence-electron chi connectivity index (χ0n) is 12.9. The summed E-state index contributed by atoms with van der Waals surface area (Å²) >= 11 is 1.29. The third kappa shape index (κ3) is 4.43. The van der Waals surface area contributed by atoms with Crippen LogP contribution in [0.5, 0.6) is 5.75 Å². The van der Waals surface area contributed by atoms with E-state index in [2.05, 4.69) is 16.3 Å². The number of benzene rings is 1. The van der Waals surface area contributed by atoms with Crippen LogP contribution in [-0.4, -0.2) is 34.2 Å². The van der Waals surface area contributed by atoms with E-state index in [9.17, 15) is 4.39 Å². The first-order valence-corrected chi connectivity index (χ1v) is 7.95. The van der Waals surface area contributed by atoms with Crippen LogP contribution in [0, 0.1) is 17.1 Å². The summed E-state index contributed by atoms with van der Waals surface area (Å²) in [6.45, 7) is 2.50. The van der Waals surface area contributed by atoms with Gasteiger partial charge in [0.1, 0.15) is 6.61 Å². The highest BCUT2D eigenvalue weighted by molar-refractivity contribution is 7.99. The summed E-state index contributed by atoms with van der Waals surface area (Å²) in [6.07, 6.45) is 0. The van der Waals surface area contributed by atoms with Gasteiger partial charge in [0, 0.05) is 7.11 Å². The number of nitrogens with zero attached hydrogens (tertiary/aromatic N) is 4. The van der Waals surface area contributed by atoms with Crippen LogP contribution in [0.1, 0.15) is 18.8 Å². The molecule has 0 fully saturated rings. The van der Waals surface area contributed by atoms with Gasteiger partial charge >= 0.3 is 0 Å². The average molecular weight is 336 g/mol. The molecule has 0 aliphatic heterocycles. The van der Waals surface area contributed by atoms with Crippen LogP contribution < -0.4 is 4.74 Å². The van der Waals surface area contributed by atoms with Crippen molar-refractivity contribution in [3.63, 3.8) is 0 Å². The van der Waals surface area contributed by atoms with Gasteiger partial charge in [-0.15, -0.1) is 10.2 Å². The fourth-order valence-corrected chi connectivity index (χ4v) is 2.78. The molecule has 0 spiro atoms. The monoisotopic (exact) mass is 336 g/mol. The maximum absolute atomic E-state index is 13.6. The number of methoxy groups -OCH3 is 1. The van der Waals surface area contributed by atoms with E-state index in [0.717, 1.165) is 0 Å². The molecule has 0 bridgehead atoms. The molecule has 6 nitrogen and oxygen atoms in total. The number of nitriles is 1. The maximum Gasteiger partial charge on any atom is 0.192 e. The van der Waals surface area contributed by atoms with Crippen LogP contribution in [-0.2, 0) is 11.3 Å². The van der Waals surface area contributed by atoms with Gasteiger partial charge in [0.25, 0.3) is 0 Å². The predicted octanol–water partition coefficient (Wildman–Crippen LogP) is 2.82. The number of hydrogen-bond donors (Lipinski definition) is 0. The summed E-state index contributed by atoms with van der Waals surface area (Å²) in [5.41, 5.74) is 0. The molecule has 1 atom stereocenters. The fourth-order valence-electron chi connectivity index (χ4n) is 2.06. The molecular weight excluding hydrogens is 319 g/mol. The Morgan fingerprint density at radius 1 is 1.39 bits per heavy atom. The minimum atomic E-state index is -0.428. The van der Waals surface area contributed by atoms with Gasteiger partial charge < -0.3 is 9.47 Å². The maximum atomic E-state index is 13.6. The van der Waals surface area contributed by atoms with E-state index < -0.39 is 5.82 Å². The van der Waals surface area contributed by atoms with Crippen LogP contribution in [0.15, 0.2) is 29.4 Å². The van der Waals surface area contributed by atoms with E-state index in [1.807, 2.05) is 11.5 Å². The largest absolute Gasteiger partial charge is 0.483 e. The molecule has 23 heavy (non-hydrogen) atoms. The number of halogens is 1. The van der Waals surface area contributed by atoms with E-state index in [0.29, 0.717) is 17.6 Å². The molecule has 2 rings (SSSR count). The Bertz CT molecular complexity index is 686. The van der Waals surface area contributed by atoms with Crippen LogP contribution in [0.4, 0.5) is 4.39 Å². The molecule has 122 valence electrons. The summed E-state index contributed by atoms with van der Waals surface area (Å²) < 4.78 is 26.1. The Kier molecular flexibility index (Phi) is 6.38. The Labute approximate surface area is 138 Å². The highest BCUT2D eigenvalue weighted by Gasteiger charge is 2.18. The second-order valence-corrected chi connectivity index (χ2v) is 5.68. The van der Waals surface area contributed by atoms with Gasteiger partial charge in [0.2, 0.25) is 0 Å². The topological polar surface area (TPSA) is 73.0 Å². The highest BCUT2D eigenvalue weighted by Crippen LogP contribution is 2.23. The van der Waals surface area contributed by atoms with Crippen molar-refractivity contribution in [1.82, 2.24) is 14.8 Å². The third-order valence-electron chi connectivity index (χ3n) is 3.04. The van der Waals surface area contributed by atoms with Gasteiger partial charge in [-0.05, 0) is 19.1 Å². The Hall–Kier alpha value is -2.11. The first-order valence-electron chi connectivity index (χ1n) is 6.97. The van der Waals surface area contributed by atoms with Crippen molar-refractivity contribution in [3.8, 4) is 11.8 Å². The Morgan fingerprint density at radius 3 is 2.87 bits per heavy atom. The SMILES string of the molecule is COC[C@H](C)n1c(COc2ccccc2F)nnc1SCC#N. The molecule has 0 amide bonds. The molecule has 0 unspecified atom stereocenters. The second-order valence-electron chi connectivity index (χ2n) is 4.74. The van der Waals surface area contributed by atoms with Gasteiger partial charge in [-0.3, -0.25) is 4.57 Å². The van der Waals surface area contributed by atoms with E-state index >= 15 is 0 Å². The van der Waals surface area contributed by atoms with Crippen LogP contribution >= 0.6 is 11.8 Å². The van der Waals surface area contributed by atoms with Gasteiger partial charge in [-0.25, -0.2) is 4.39 Å². The van der Waals surface area contributed by atoms with Gasteiger partial charge in [0.05, 0.1) is 24.5 Å². The smallest absolute Gasteiger partial charge is 0.192 e.